The van der Waals surface area contributed by atoms with Gasteiger partial charge in [0.2, 0.25) is 5.95 Å². The number of hydrogen-bond acceptors (Lipinski definition) is 9. The SMILES string of the molecule is COc1ccccc1NC(=O)C1=C(C)Nc2nnnn2C1c1ccc(O)c([N+](=O)[O-])c1. The van der Waals surface area contributed by atoms with Crippen LogP contribution < -0.4 is 15.4 Å². The van der Waals surface area contributed by atoms with E-state index >= 15 is 0 Å². The van der Waals surface area contributed by atoms with Gasteiger partial charge in [-0.15, -0.1) is 0 Å². The van der Waals surface area contributed by atoms with E-state index in [4.69, 9.17) is 4.74 Å². The van der Waals surface area contributed by atoms with Crippen molar-refractivity contribution >= 4 is 23.2 Å². The number of rotatable bonds is 5. The van der Waals surface area contributed by atoms with Crippen LogP contribution in [0.25, 0.3) is 0 Å². The lowest BCUT2D eigenvalue weighted by atomic mass is 9.94. The number of ether oxygens (including phenoxy) is 1. The van der Waals surface area contributed by atoms with Crippen LogP contribution in [-0.4, -0.2) is 43.3 Å². The summed E-state index contributed by atoms with van der Waals surface area (Å²) in [7, 11) is 1.49. The first-order chi connectivity index (χ1) is 14.9. The quantitative estimate of drug-likeness (QED) is 0.413. The molecule has 0 fully saturated rings. The summed E-state index contributed by atoms with van der Waals surface area (Å²) < 4.78 is 6.63. The van der Waals surface area contributed by atoms with E-state index in [1.165, 1.54) is 30.0 Å². The van der Waals surface area contributed by atoms with E-state index < -0.39 is 28.3 Å². The number of hydrogen-bond donors (Lipinski definition) is 3. The minimum atomic E-state index is -0.875. The summed E-state index contributed by atoms with van der Waals surface area (Å²) >= 11 is 0. The monoisotopic (exact) mass is 423 g/mol. The number of nitro groups is 1. The van der Waals surface area contributed by atoms with Gasteiger partial charge >= 0.3 is 5.69 Å². The zero-order valence-electron chi connectivity index (χ0n) is 16.4. The molecular formula is C19H17N7O5. The Kier molecular flexibility index (Phi) is 4.95. The maximum absolute atomic E-state index is 13.3. The van der Waals surface area contributed by atoms with Crippen molar-refractivity contribution in [2.45, 2.75) is 13.0 Å². The van der Waals surface area contributed by atoms with Gasteiger partial charge in [-0.05, 0) is 41.1 Å². The van der Waals surface area contributed by atoms with Crippen LogP contribution >= 0.6 is 0 Å². The van der Waals surface area contributed by atoms with Crippen LogP contribution in [0.2, 0.25) is 0 Å². The normalized spacial score (nSPS) is 15.1. The van der Waals surface area contributed by atoms with E-state index in [2.05, 4.69) is 26.2 Å². The number of benzene rings is 2. The van der Waals surface area contributed by atoms with Gasteiger partial charge < -0.3 is 20.5 Å². The molecule has 1 amide bonds. The molecule has 4 rings (SSSR count). The number of nitro benzene ring substituents is 1. The molecule has 0 radical (unpaired) electrons. The number of para-hydroxylation sites is 2. The van der Waals surface area contributed by atoms with Gasteiger partial charge in [-0.2, -0.15) is 4.68 Å². The molecule has 2 aromatic carbocycles. The van der Waals surface area contributed by atoms with Crippen LogP contribution in [0, 0.1) is 10.1 Å². The van der Waals surface area contributed by atoms with Crippen LogP contribution in [0.3, 0.4) is 0 Å². The average molecular weight is 423 g/mol. The number of fused-ring (bicyclic) bond motifs is 1. The molecule has 1 aromatic heterocycles. The van der Waals surface area contributed by atoms with E-state index in [9.17, 15) is 20.0 Å². The summed E-state index contributed by atoms with van der Waals surface area (Å²) in [5.74, 6) is -0.221. The fourth-order valence-corrected chi connectivity index (χ4v) is 3.41. The summed E-state index contributed by atoms with van der Waals surface area (Å²) in [5, 5.41) is 38.4. The molecule has 0 bridgehead atoms. The second kappa shape index (κ2) is 7.74. The molecule has 12 nitrogen and oxygen atoms in total. The molecule has 1 aliphatic rings. The number of allylic oxidation sites excluding steroid dienone is 1. The smallest absolute Gasteiger partial charge is 0.311 e. The summed E-state index contributed by atoms with van der Waals surface area (Å²) in [6, 6.07) is 9.91. The number of nitrogens with zero attached hydrogens (tertiary/aromatic N) is 5. The zero-order valence-corrected chi connectivity index (χ0v) is 16.4. The summed E-state index contributed by atoms with van der Waals surface area (Å²) in [4.78, 5) is 23.9. The standard InChI is InChI=1S/C19H17N7O5/c1-10-16(18(28)21-12-5-3-4-6-15(12)31-2)17(25-19(20-10)22-23-24-25)11-7-8-14(27)13(9-11)26(29)30/h3-9,17,27H,1-2H3,(H,21,28)(H,20,22,24). The van der Waals surface area contributed by atoms with Gasteiger partial charge in [0.25, 0.3) is 5.91 Å². The molecular weight excluding hydrogens is 406 g/mol. The Morgan fingerprint density at radius 1 is 1.32 bits per heavy atom. The predicted molar refractivity (Wildman–Crippen MR) is 109 cm³/mol. The number of carbonyl (C=O) groups is 1. The number of phenolic OH excluding ortho intramolecular Hbond substituents is 1. The zero-order chi connectivity index (χ0) is 22.1. The van der Waals surface area contributed by atoms with Gasteiger partial charge in [0.15, 0.2) is 5.75 Å². The van der Waals surface area contributed by atoms with E-state index in [1.54, 1.807) is 31.2 Å². The number of tetrazole rings is 1. The first-order valence-electron chi connectivity index (χ1n) is 9.08. The molecule has 0 saturated carbocycles. The molecule has 2 heterocycles. The van der Waals surface area contributed by atoms with Crippen molar-refractivity contribution in [2.75, 3.05) is 17.7 Å². The van der Waals surface area contributed by atoms with Crippen molar-refractivity contribution < 1.29 is 19.6 Å². The first kappa shape index (κ1) is 19.8. The highest BCUT2D eigenvalue weighted by atomic mass is 16.6. The summed E-state index contributed by atoms with van der Waals surface area (Å²) in [5.41, 5.74) is 1.02. The number of phenols is 1. The average Bonchev–Trinajstić information content (AvgIpc) is 3.21. The number of anilines is 2. The van der Waals surface area contributed by atoms with Gasteiger partial charge in [0.05, 0.1) is 23.3 Å². The summed E-state index contributed by atoms with van der Waals surface area (Å²) in [6.45, 7) is 1.68. The lowest BCUT2D eigenvalue weighted by Gasteiger charge is -2.28. The van der Waals surface area contributed by atoms with Crippen LogP contribution in [0.4, 0.5) is 17.3 Å². The van der Waals surface area contributed by atoms with Crippen molar-refractivity contribution in [3.63, 3.8) is 0 Å². The molecule has 3 aromatic rings. The Labute approximate surface area is 175 Å². The fourth-order valence-electron chi connectivity index (χ4n) is 3.41. The third-order valence-electron chi connectivity index (χ3n) is 4.83. The molecule has 12 heteroatoms. The number of carbonyl (C=O) groups excluding carboxylic acids is 1. The van der Waals surface area contributed by atoms with Crippen molar-refractivity contribution in [3.8, 4) is 11.5 Å². The van der Waals surface area contributed by atoms with Crippen molar-refractivity contribution in [1.29, 1.82) is 0 Å². The largest absolute Gasteiger partial charge is 0.502 e. The van der Waals surface area contributed by atoms with E-state index in [0.29, 0.717) is 22.7 Å². The lowest BCUT2D eigenvalue weighted by Crippen LogP contribution is -2.31. The van der Waals surface area contributed by atoms with Gasteiger partial charge in [-0.3, -0.25) is 14.9 Å². The molecule has 1 unspecified atom stereocenters. The molecule has 0 saturated heterocycles. The van der Waals surface area contributed by atoms with Gasteiger partial charge in [0, 0.05) is 11.8 Å². The molecule has 158 valence electrons. The minimum Gasteiger partial charge on any atom is -0.502 e. The molecule has 0 spiro atoms. The Morgan fingerprint density at radius 3 is 2.84 bits per heavy atom. The molecule has 3 N–H and O–H groups in total. The van der Waals surface area contributed by atoms with Crippen LogP contribution in [-0.2, 0) is 4.79 Å². The number of nitrogens with one attached hydrogen (secondary N) is 2. The maximum Gasteiger partial charge on any atom is 0.311 e. The Balaban J connectivity index is 1.81. The maximum atomic E-state index is 13.3. The summed E-state index contributed by atoms with van der Waals surface area (Å²) in [6.07, 6.45) is 0. The predicted octanol–water partition coefficient (Wildman–Crippen LogP) is 2.22. The molecule has 31 heavy (non-hydrogen) atoms. The third kappa shape index (κ3) is 3.50. The van der Waals surface area contributed by atoms with Crippen LogP contribution in [0.1, 0.15) is 18.5 Å². The van der Waals surface area contributed by atoms with Gasteiger partial charge in [-0.25, -0.2) is 0 Å². The number of amides is 1. The van der Waals surface area contributed by atoms with Crippen molar-refractivity contribution in [2.24, 2.45) is 0 Å². The third-order valence-corrected chi connectivity index (χ3v) is 4.83. The Hall–Kier alpha value is -4.48. The highest BCUT2D eigenvalue weighted by Crippen LogP contribution is 2.38. The molecule has 0 aliphatic carbocycles. The highest BCUT2D eigenvalue weighted by molar-refractivity contribution is 6.06. The number of methoxy groups -OCH3 is 1. The van der Waals surface area contributed by atoms with Crippen molar-refractivity contribution in [3.05, 3.63) is 69.4 Å². The second-order valence-corrected chi connectivity index (χ2v) is 6.67. The van der Waals surface area contributed by atoms with E-state index in [0.717, 1.165) is 0 Å². The topological polar surface area (TPSA) is 157 Å². The van der Waals surface area contributed by atoms with E-state index in [1.807, 2.05) is 0 Å². The number of aromatic nitrogens is 4. The minimum absolute atomic E-state index is 0.241. The fraction of sp³-hybridized carbons (Fsp3) is 0.158. The molecule has 1 atom stereocenters. The van der Waals surface area contributed by atoms with Gasteiger partial charge in [-0.1, -0.05) is 23.3 Å². The second-order valence-electron chi connectivity index (χ2n) is 6.67. The van der Waals surface area contributed by atoms with E-state index in [-0.39, 0.29) is 11.5 Å². The van der Waals surface area contributed by atoms with Crippen LogP contribution in [0.15, 0.2) is 53.7 Å². The highest BCUT2D eigenvalue weighted by Gasteiger charge is 2.35. The number of aromatic hydroxyl groups is 1. The van der Waals surface area contributed by atoms with Crippen molar-refractivity contribution in [1.82, 2.24) is 20.2 Å². The van der Waals surface area contributed by atoms with Gasteiger partial charge in [0.1, 0.15) is 11.8 Å². The van der Waals surface area contributed by atoms with Crippen LogP contribution in [0.5, 0.6) is 11.5 Å². The Morgan fingerprint density at radius 2 is 2.10 bits per heavy atom. The molecule has 1 aliphatic heterocycles. The first-order valence-corrected chi connectivity index (χ1v) is 9.08. The Bertz CT molecular complexity index is 1220. The lowest BCUT2D eigenvalue weighted by molar-refractivity contribution is -0.385.